The normalized spacial score (nSPS) is 10.4. The highest BCUT2D eigenvalue weighted by Gasteiger charge is 2.15. The molecule has 0 fully saturated rings. The van der Waals surface area contributed by atoms with Crippen molar-refractivity contribution in [3.63, 3.8) is 0 Å². The van der Waals surface area contributed by atoms with Crippen LogP contribution in [0.4, 0.5) is 4.39 Å². The van der Waals surface area contributed by atoms with Gasteiger partial charge in [0, 0.05) is 44.9 Å². The lowest BCUT2D eigenvalue weighted by Gasteiger charge is -2.17. The molecule has 3 rings (SSSR count). The van der Waals surface area contributed by atoms with Crippen LogP contribution in [0.3, 0.4) is 0 Å². The van der Waals surface area contributed by atoms with Gasteiger partial charge in [0.15, 0.2) is 0 Å². The van der Waals surface area contributed by atoms with Crippen LogP contribution < -0.4 is 5.32 Å². The number of hydrogen-bond donors (Lipinski definition) is 1. The fourth-order valence-electron chi connectivity index (χ4n) is 2.74. The summed E-state index contributed by atoms with van der Waals surface area (Å²) in [6.07, 6.45) is 7.00. The van der Waals surface area contributed by atoms with Crippen molar-refractivity contribution < 1.29 is 14.0 Å². The fourth-order valence-corrected chi connectivity index (χ4v) is 2.74. The lowest BCUT2D eigenvalue weighted by molar-refractivity contribution is 0.0796. The molecule has 0 atom stereocenters. The summed E-state index contributed by atoms with van der Waals surface area (Å²) in [5.74, 6) is -0.890. The lowest BCUT2D eigenvalue weighted by atomic mass is 10.1. The molecule has 0 aliphatic carbocycles. The number of rotatable bonds is 7. The molecule has 3 aromatic rings. The Hall–Kier alpha value is -3.61. The summed E-state index contributed by atoms with van der Waals surface area (Å²) in [6.45, 7) is 0.785. The van der Waals surface area contributed by atoms with Crippen molar-refractivity contribution >= 4 is 11.8 Å². The van der Waals surface area contributed by atoms with Crippen molar-refractivity contribution in [1.82, 2.24) is 20.2 Å². The third-order valence-electron chi connectivity index (χ3n) is 4.45. The summed E-state index contributed by atoms with van der Waals surface area (Å²) >= 11 is 0. The minimum atomic E-state index is -0.351. The van der Waals surface area contributed by atoms with Gasteiger partial charge >= 0.3 is 0 Å². The highest BCUT2D eigenvalue weighted by molar-refractivity contribution is 5.99. The number of benzene rings is 1. The summed E-state index contributed by atoms with van der Waals surface area (Å²) in [5, 5.41) is 2.74. The molecule has 0 spiro atoms. The minimum absolute atomic E-state index is 0.209. The molecule has 148 valence electrons. The van der Waals surface area contributed by atoms with E-state index in [0.29, 0.717) is 24.1 Å². The molecule has 0 bridgehead atoms. The summed E-state index contributed by atoms with van der Waals surface area (Å²) in [5.41, 5.74) is 2.50. The van der Waals surface area contributed by atoms with Crippen LogP contribution in [-0.4, -0.2) is 40.3 Å². The molecule has 2 amide bonds. The summed E-state index contributed by atoms with van der Waals surface area (Å²) < 4.78 is 13.0. The zero-order chi connectivity index (χ0) is 20.6. The first-order valence-corrected chi connectivity index (χ1v) is 9.15. The van der Waals surface area contributed by atoms with E-state index in [1.165, 1.54) is 30.6 Å². The number of amides is 2. The van der Waals surface area contributed by atoms with Crippen molar-refractivity contribution in [3.8, 4) is 0 Å². The predicted octanol–water partition coefficient (Wildman–Crippen LogP) is 2.86. The number of halogens is 1. The van der Waals surface area contributed by atoms with Gasteiger partial charge < -0.3 is 10.2 Å². The Balaban J connectivity index is 1.59. The predicted molar refractivity (Wildman–Crippen MR) is 107 cm³/mol. The molecule has 29 heavy (non-hydrogen) atoms. The zero-order valence-corrected chi connectivity index (χ0v) is 16.0. The maximum Gasteiger partial charge on any atom is 0.255 e. The molecule has 0 aliphatic rings. The Bertz CT molecular complexity index is 978. The van der Waals surface area contributed by atoms with Gasteiger partial charge in [0.1, 0.15) is 5.82 Å². The molecule has 0 saturated heterocycles. The molecule has 2 aromatic heterocycles. The average molecular weight is 392 g/mol. The molecule has 2 heterocycles. The summed E-state index contributed by atoms with van der Waals surface area (Å²) in [7, 11) is 1.71. The quantitative estimate of drug-likeness (QED) is 0.671. The van der Waals surface area contributed by atoms with E-state index in [-0.39, 0.29) is 24.2 Å². The topological polar surface area (TPSA) is 75.2 Å². The van der Waals surface area contributed by atoms with E-state index >= 15 is 0 Å². The van der Waals surface area contributed by atoms with Gasteiger partial charge in [0.25, 0.3) is 11.8 Å². The van der Waals surface area contributed by atoms with Crippen LogP contribution in [0.1, 0.15) is 31.8 Å². The van der Waals surface area contributed by atoms with Gasteiger partial charge in [-0.15, -0.1) is 0 Å². The number of pyridine rings is 2. The van der Waals surface area contributed by atoms with Crippen LogP contribution in [0.2, 0.25) is 0 Å². The molecule has 0 aliphatic heterocycles. The highest BCUT2D eigenvalue weighted by atomic mass is 19.1. The second-order valence-electron chi connectivity index (χ2n) is 6.60. The van der Waals surface area contributed by atoms with Crippen LogP contribution >= 0.6 is 0 Å². The molecule has 7 heteroatoms. The lowest BCUT2D eigenvalue weighted by Crippen LogP contribution is -2.29. The number of nitrogens with zero attached hydrogens (tertiary/aromatic N) is 3. The summed E-state index contributed by atoms with van der Waals surface area (Å²) in [4.78, 5) is 34.6. The number of aromatic nitrogens is 2. The van der Waals surface area contributed by atoms with Gasteiger partial charge in [0.2, 0.25) is 0 Å². The average Bonchev–Trinajstić information content (AvgIpc) is 2.77. The highest BCUT2D eigenvalue weighted by Crippen LogP contribution is 2.08. The van der Waals surface area contributed by atoms with E-state index in [1.54, 1.807) is 36.5 Å². The third-order valence-corrected chi connectivity index (χ3v) is 4.45. The first-order chi connectivity index (χ1) is 14.0. The van der Waals surface area contributed by atoms with Crippen LogP contribution in [0, 0.1) is 5.82 Å². The van der Waals surface area contributed by atoms with Crippen molar-refractivity contribution in [2.45, 2.75) is 13.0 Å². The molecular formula is C22H21FN4O2. The van der Waals surface area contributed by atoms with E-state index in [2.05, 4.69) is 15.3 Å². The SMILES string of the molecule is CN(CCc1ccncc1)C(=O)c1cncc(C(=O)NCc2ccc(F)cc2)c1. The van der Waals surface area contributed by atoms with Crippen LogP contribution in [0.5, 0.6) is 0 Å². The number of carbonyl (C=O) groups is 2. The Labute approximate surface area is 168 Å². The molecule has 0 radical (unpaired) electrons. The van der Waals surface area contributed by atoms with E-state index in [0.717, 1.165) is 11.1 Å². The number of nitrogens with one attached hydrogen (secondary N) is 1. The van der Waals surface area contributed by atoms with Crippen LogP contribution in [-0.2, 0) is 13.0 Å². The molecule has 6 nitrogen and oxygen atoms in total. The summed E-state index contributed by atoms with van der Waals surface area (Å²) in [6, 6.07) is 11.2. The molecule has 0 unspecified atom stereocenters. The second-order valence-corrected chi connectivity index (χ2v) is 6.60. The molecule has 0 saturated carbocycles. The van der Waals surface area contributed by atoms with Crippen molar-refractivity contribution in [2.75, 3.05) is 13.6 Å². The fraction of sp³-hybridized carbons (Fsp3) is 0.182. The third kappa shape index (κ3) is 5.68. The molecule has 1 N–H and O–H groups in total. The number of likely N-dealkylation sites (N-methyl/N-ethyl adjacent to an activating group) is 1. The van der Waals surface area contributed by atoms with Gasteiger partial charge in [-0.1, -0.05) is 12.1 Å². The van der Waals surface area contributed by atoms with Gasteiger partial charge in [-0.25, -0.2) is 4.39 Å². The van der Waals surface area contributed by atoms with Gasteiger partial charge in [-0.3, -0.25) is 19.6 Å². The van der Waals surface area contributed by atoms with Crippen molar-refractivity contribution in [2.24, 2.45) is 0 Å². The first kappa shape index (κ1) is 20.1. The largest absolute Gasteiger partial charge is 0.348 e. The van der Waals surface area contributed by atoms with Gasteiger partial charge in [-0.05, 0) is 47.9 Å². The number of carbonyl (C=O) groups excluding carboxylic acids is 2. The van der Waals surface area contributed by atoms with Crippen molar-refractivity contribution in [3.05, 3.63) is 95.3 Å². The zero-order valence-electron chi connectivity index (χ0n) is 16.0. The Kier molecular flexibility index (Phi) is 6.63. The van der Waals surface area contributed by atoms with Gasteiger partial charge in [0.05, 0.1) is 11.1 Å². The molecule has 1 aromatic carbocycles. The monoisotopic (exact) mass is 392 g/mol. The second kappa shape index (κ2) is 9.54. The van der Waals surface area contributed by atoms with E-state index in [4.69, 9.17) is 0 Å². The van der Waals surface area contributed by atoms with E-state index < -0.39 is 0 Å². The molecular weight excluding hydrogens is 371 g/mol. The Morgan fingerprint density at radius 1 is 0.966 bits per heavy atom. The van der Waals surface area contributed by atoms with Crippen LogP contribution in [0.15, 0.2) is 67.3 Å². The van der Waals surface area contributed by atoms with Crippen molar-refractivity contribution in [1.29, 1.82) is 0 Å². The first-order valence-electron chi connectivity index (χ1n) is 9.15. The van der Waals surface area contributed by atoms with E-state index in [9.17, 15) is 14.0 Å². The maximum atomic E-state index is 13.0. The smallest absolute Gasteiger partial charge is 0.255 e. The van der Waals surface area contributed by atoms with Crippen LogP contribution in [0.25, 0.3) is 0 Å². The minimum Gasteiger partial charge on any atom is -0.348 e. The Morgan fingerprint density at radius 2 is 1.66 bits per heavy atom. The Morgan fingerprint density at radius 3 is 2.38 bits per heavy atom. The van der Waals surface area contributed by atoms with Gasteiger partial charge in [-0.2, -0.15) is 0 Å². The van der Waals surface area contributed by atoms with E-state index in [1.807, 2.05) is 12.1 Å². The number of hydrogen-bond acceptors (Lipinski definition) is 4. The standard InChI is InChI=1S/C22H21FN4O2/c1-27(11-8-16-6-9-24-10-7-16)22(29)19-12-18(14-25-15-19)21(28)26-13-17-2-4-20(23)5-3-17/h2-7,9-10,12,14-15H,8,11,13H2,1H3,(H,26,28). The maximum absolute atomic E-state index is 13.0.